The minimum absolute atomic E-state index is 0.0702. The van der Waals surface area contributed by atoms with Crippen molar-refractivity contribution >= 4 is 5.91 Å². The van der Waals surface area contributed by atoms with Crippen molar-refractivity contribution in [2.75, 3.05) is 13.1 Å². The predicted molar refractivity (Wildman–Crippen MR) is 51.2 cm³/mol. The van der Waals surface area contributed by atoms with E-state index < -0.39 is 5.60 Å². The second-order valence-electron chi connectivity index (χ2n) is 4.25. The number of aliphatic hydroxyl groups is 1. The third-order valence-corrected chi connectivity index (χ3v) is 2.49. The third kappa shape index (κ3) is 2.46. The zero-order valence-electron chi connectivity index (χ0n) is 8.66. The van der Waals surface area contributed by atoms with Gasteiger partial charge >= 0.3 is 0 Å². The molecule has 1 amide bonds. The normalized spacial score (nSPS) is 19.1. The first-order valence-corrected chi connectivity index (χ1v) is 4.86. The van der Waals surface area contributed by atoms with Crippen LogP contribution >= 0.6 is 0 Å². The van der Waals surface area contributed by atoms with Crippen LogP contribution in [0.15, 0.2) is 0 Å². The summed E-state index contributed by atoms with van der Waals surface area (Å²) < 4.78 is 0. The van der Waals surface area contributed by atoms with E-state index in [1.54, 1.807) is 4.90 Å². The van der Waals surface area contributed by atoms with Gasteiger partial charge in [0, 0.05) is 19.0 Å². The SMILES string of the molecule is CC(C)(O)C(=O)N1CCC(C#N)CC1. The van der Waals surface area contributed by atoms with Gasteiger partial charge in [0.05, 0.1) is 6.07 Å². The molecule has 14 heavy (non-hydrogen) atoms. The molecule has 0 saturated carbocycles. The Hall–Kier alpha value is -1.08. The van der Waals surface area contributed by atoms with E-state index in [1.165, 1.54) is 13.8 Å². The van der Waals surface area contributed by atoms with E-state index in [9.17, 15) is 9.90 Å². The number of nitriles is 1. The van der Waals surface area contributed by atoms with Gasteiger partial charge in [0.1, 0.15) is 5.60 Å². The van der Waals surface area contributed by atoms with Crippen molar-refractivity contribution in [3.05, 3.63) is 0 Å². The molecule has 1 heterocycles. The molecule has 1 N–H and O–H groups in total. The van der Waals surface area contributed by atoms with Crippen LogP contribution in [0.2, 0.25) is 0 Å². The van der Waals surface area contributed by atoms with Gasteiger partial charge in [-0.05, 0) is 26.7 Å². The van der Waals surface area contributed by atoms with Crippen LogP contribution in [0.1, 0.15) is 26.7 Å². The molecule has 0 aromatic heterocycles. The largest absolute Gasteiger partial charge is 0.381 e. The number of likely N-dealkylation sites (tertiary alicyclic amines) is 1. The Morgan fingerprint density at radius 3 is 2.36 bits per heavy atom. The zero-order valence-corrected chi connectivity index (χ0v) is 8.66. The van der Waals surface area contributed by atoms with Crippen LogP contribution < -0.4 is 0 Å². The Morgan fingerprint density at radius 2 is 2.00 bits per heavy atom. The topological polar surface area (TPSA) is 64.3 Å². The fourth-order valence-electron chi connectivity index (χ4n) is 1.60. The van der Waals surface area contributed by atoms with Gasteiger partial charge in [-0.2, -0.15) is 5.26 Å². The molecule has 0 unspecified atom stereocenters. The minimum Gasteiger partial charge on any atom is -0.381 e. The van der Waals surface area contributed by atoms with Crippen molar-refractivity contribution in [3.8, 4) is 6.07 Å². The van der Waals surface area contributed by atoms with E-state index in [-0.39, 0.29) is 11.8 Å². The monoisotopic (exact) mass is 196 g/mol. The fraction of sp³-hybridized carbons (Fsp3) is 0.800. The van der Waals surface area contributed by atoms with Gasteiger partial charge < -0.3 is 10.0 Å². The molecule has 4 nitrogen and oxygen atoms in total. The first-order chi connectivity index (χ1) is 6.45. The number of hydrogen-bond donors (Lipinski definition) is 1. The molecule has 1 aliphatic heterocycles. The number of carbonyl (C=O) groups is 1. The second-order valence-corrected chi connectivity index (χ2v) is 4.25. The van der Waals surface area contributed by atoms with Crippen LogP contribution in [-0.4, -0.2) is 34.6 Å². The van der Waals surface area contributed by atoms with Crippen LogP contribution in [0, 0.1) is 17.2 Å². The number of nitrogens with zero attached hydrogens (tertiary/aromatic N) is 2. The first-order valence-electron chi connectivity index (χ1n) is 4.86. The van der Waals surface area contributed by atoms with Crippen LogP contribution in [0.5, 0.6) is 0 Å². The average molecular weight is 196 g/mol. The Balaban J connectivity index is 2.51. The quantitative estimate of drug-likeness (QED) is 0.665. The molecule has 0 aromatic carbocycles. The number of hydrogen-bond acceptors (Lipinski definition) is 3. The molecule has 4 heteroatoms. The molecule has 0 radical (unpaired) electrons. The highest BCUT2D eigenvalue weighted by atomic mass is 16.3. The summed E-state index contributed by atoms with van der Waals surface area (Å²) in [6.07, 6.45) is 1.44. The summed E-state index contributed by atoms with van der Waals surface area (Å²) in [5.41, 5.74) is -1.29. The van der Waals surface area contributed by atoms with Gasteiger partial charge in [-0.15, -0.1) is 0 Å². The van der Waals surface area contributed by atoms with Gasteiger partial charge in [0.25, 0.3) is 5.91 Å². The molecule has 0 bridgehead atoms. The molecule has 0 atom stereocenters. The van der Waals surface area contributed by atoms with Crippen molar-refractivity contribution in [2.45, 2.75) is 32.3 Å². The van der Waals surface area contributed by atoms with Crippen LogP contribution in [-0.2, 0) is 4.79 Å². The van der Waals surface area contributed by atoms with E-state index >= 15 is 0 Å². The highest BCUT2D eigenvalue weighted by Crippen LogP contribution is 2.18. The highest BCUT2D eigenvalue weighted by molar-refractivity contribution is 5.84. The zero-order chi connectivity index (χ0) is 10.8. The van der Waals surface area contributed by atoms with E-state index in [2.05, 4.69) is 6.07 Å². The molecular formula is C10H16N2O2. The Kier molecular flexibility index (Phi) is 3.12. The standard InChI is InChI=1S/C10H16N2O2/c1-10(2,14)9(13)12-5-3-8(7-11)4-6-12/h8,14H,3-6H2,1-2H3. The molecule has 1 aliphatic rings. The molecule has 78 valence electrons. The number of piperidine rings is 1. The van der Waals surface area contributed by atoms with E-state index in [0.717, 1.165) is 12.8 Å². The summed E-state index contributed by atoms with van der Waals surface area (Å²) in [5.74, 6) is -0.172. The lowest BCUT2D eigenvalue weighted by molar-refractivity contribution is -0.149. The first kappa shape index (κ1) is 11.0. The summed E-state index contributed by atoms with van der Waals surface area (Å²) >= 11 is 0. The molecule has 1 fully saturated rings. The lowest BCUT2D eigenvalue weighted by atomic mass is 9.97. The van der Waals surface area contributed by atoms with E-state index in [1.807, 2.05) is 0 Å². The van der Waals surface area contributed by atoms with Gasteiger partial charge in [-0.1, -0.05) is 0 Å². The van der Waals surface area contributed by atoms with Gasteiger partial charge in [-0.3, -0.25) is 4.79 Å². The van der Waals surface area contributed by atoms with Crippen molar-refractivity contribution in [3.63, 3.8) is 0 Å². The van der Waals surface area contributed by atoms with Gasteiger partial charge in [0.2, 0.25) is 0 Å². The van der Waals surface area contributed by atoms with E-state index in [4.69, 9.17) is 5.26 Å². The lowest BCUT2D eigenvalue weighted by Crippen LogP contribution is -2.48. The van der Waals surface area contributed by atoms with Crippen molar-refractivity contribution in [1.82, 2.24) is 4.90 Å². The van der Waals surface area contributed by atoms with Crippen molar-refractivity contribution in [2.24, 2.45) is 5.92 Å². The Bertz CT molecular complexity index is 254. The Labute approximate surface area is 84.1 Å². The molecule has 1 saturated heterocycles. The van der Waals surface area contributed by atoms with Crippen molar-refractivity contribution in [1.29, 1.82) is 5.26 Å². The lowest BCUT2D eigenvalue weighted by Gasteiger charge is -2.33. The fourth-order valence-corrected chi connectivity index (χ4v) is 1.60. The maximum Gasteiger partial charge on any atom is 0.253 e. The highest BCUT2D eigenvalue weighted by Gasteiger charge is 2.31. The number of carbonyl (C=O) groups excluding carboxylic acids is 1. The van der Waals surface area contributed by atoms with Gasteiger partial charge in [0.15, 0.2) is 0 Å². The number of amides is 1. The number of rotatable bonds is 1. The van der Waals surface area contributed by atoms with Crippen molar-refractivity contribution < 1.29 is 9.90 Å². The summed E-state index contributed by atoms with van der Waals surface area (Å²) in [6, 6.07) is 2.20. The molecule has 0 aliphatic carbocycles. The maximum atomic E-state index is 11.6. The van der Waals surface area contributed by atoms with Crippen LogP contribution in [0.3, 0.4) is 0 Å². The van der Waals surface area contributed by atoms with Gasteiger partial charge in [-0.25, -0.2) is 0 Å². The van der Waals surface area contributed by atoms with E-state index in [0.29, 0.717) is 13.1 Å². The second kappa shape index (κ2) is 3.97. The summed E-state index contributed by atoms with van der Waals surface area (Å²) in [6.45, 7) is 4.15. The third-order valence-electron chi connectivity index (χ3n) is 2.49. The Morgan fingerprint density at radius 1 is 1.50 bits per heavy atom. The molecule has 0 spiro atoms. The summed E-state index contributed by atoms with van der Waals surface area (Å²) in [5, 5.41) is 18.2. The molecule has 0 aromatic rings. The smallest absolute Gasteiger partial charge is 0.253 e. The molecular weight excluding hydrogens is 180 g/mol. The average Bonchev–Trinajstić information content (AvgIpc) is 2.15. The van der Waals surface area contributed by atoms with Crippen LogP contribution in [0.4, 0.5) is 0 Å². The maximum absolute atomic E-state index is 11.6. The van der Waals surface area contributed by atoms with Crippen LogP contribution in [0.25, 0.3) is 0 Å². The molecule has 1 rings (SSSR count). The minimum atomic E-state index is -1.29. The predicted octanol–water partition coefficient (Wildman–Crippen LogP) is 0.519. The summed E-state index contributed by atoms with van der Waals surface area (Å²) in [4.78, 5) is 13.2. The summed E-state index contributed by atoms with van der Waals surface area (Å²) in [7, 11) is 0.